The first-order valence-corrected chi connectivity index (χ1v) is 6.52. The van der Waals surface area contributed by atoms with Gasteiger partial charge in [0.2, 0.25) is 5.91 Å². The van der Waals surface area contributed by atoms with Gasteiger partial charge in [0.25, 0.3) is 5.91 Å². The number of carbonyl (C=O) groups is 2. The summed E-state index contributed by atoms with van der Waals surface area (Å²) in [5, 5.41) is 2.72. The minimum atomic E-state index is -0.128. The van der Waals surface area contributed by atoms with Gasteiger partial charge in [0, 0.05) is 30.8 Å². The molecule has 0 unspecified atom stereocenters. The first kappa shape index (κ1) is 13.3. The third kappa shape index (κ3) is 3.22. The highest BCUT2D eigenvalue weighted by molar-refractivity contribution is 5.96. The van der Waals surface area contributed by atoms with Gasteiger partial charge in [0.05, 0.1) is 0 Å². The number of amides is 2. The summed E-state index contributed by atoms with van der Waals surface area (Å²) in [5.74, 6) is 0.0338. The molecule has 1 aliphatic heterocycles. The molecule has 0 atom stereocenters. The van der Waals surface area contributed by atoms with Crippen LogP contribution >= 0.6 is 0 Å². The first-order valence-electron chi connectivity index (χ1n) is 6.52. The van der Waals surface area contributed by atoms with Crippen LogP contribution in [-0.4, -0.2) is 24.9 Å². The van der Waals surface area contributed by atoms with Crippen LogP contribution in [0.2, 0.25) is 0 Å². The number of piperidine rings is 1. The lowest BCUT2D eigenvalue weighted by molar-refractivity contribution is -0.119. The highest BCUT2D eigenvalue weighted by atomic mass is 16.2. The van der Waals surface area contributed by atoms with Crippen molar-refractivity contribution in [3.8, 4) is 0 Å². The molecule has 4 heteroatoms. The predicted octanol–water partition coefficient (Wildman–Crippen LogP) is 2.12. The van der Waals surface area contributed by atoms with E-state index < -0.39 is 0 Å². The van der Waals surface area contributed by atoms with Crippen LogP contribution in [0.15, 0.2) is 36.9 Å². The summed E-state index contributed by atoms with van der Waals surface area (Å²) in [6.45, 7) is 4.77. The molecule has 0 aliphatic carbocycles. The van der Waals surface area contributed by atoms with Gasteiger partial charge in [-0.05, 0) is 37.1 Å². The van der Waals surface area contributed by atoms with Gasteiger partial charge >= 0.3 is 0 Å². The van der Waals surface area contributed by atoms with Crippen molar-refractivity contribution in [1.82, 2.24) is 5.32 Å². The lowest BCUT2D eigenvalue weighted by atomic mass is 10.1. The van der Waals surface area contributed by atoms with Crippen molar-refractivity contribution >= 4 is 17.5 Å². The van der Waals surface area contributed by atoms with E-state index in [1.54, 1.807) is 23.1 Å². The molecule has 0 radical (unpaired) electrons. The van der Waals surface area contributed by atoms with E-state index in [1.807, 2.05) is 12.1 Å². The second kappa shape index (κ2) is 6.18. The van der Waals surface area contributed by atoms with Crippen molar-refractivity contribution in [2.75, 3.05) is 18.0 Å². The molecule has 4 nitrogen and oxygen atoms in total. The maximum Gasteiger partial charge on any atom is 0.251 e. The summed E-state index contributed by atoms with van der Waals surface area (Å²) in [5.41, 5.74) is 1.46. The fourth-order valence-corrected chi connectivity index (χ4v) is 2.14. The number of anilines is 1. The van der Waals surface area contributed by atoms with Crippen LogP contribution in [0, 0.1) is 0 Å². The Kier molecular flexibility index (Phi) is 4.34. The number of nitrogens with zero attached hydrogens (tertiary/aromatic N) is 1. The lowest BCUT2D eigenvalue weighted by Crippen LogP contribution is -2.35. The molecule has 1 N–H and O–H groups in total. The Bertz CT molecular complexity index is 479. The molecule has 100 valence electrons. The van der Waals surface area contributed by atoms with Crippen LogP contribution in [0.25, 0.3) is 0 Å². The van der Waals surface area contributed by atoms with E-state index in [0.717, 1.165) is 25.1 Å². The minimum Gasteiger partial charge on any atom is -0.349 e. The van der Waals surface area contributed by atoms with Gasteiger partial charge in [-0.3, -0.25) is 9.59 Å². The first-order chi connectivity index (χ1) is 9.22. The Balaban J connectivity index is 2.07. The molecule has 1 heterocycles. The molecule has 0 saturated carbocycles. The smallest absolute Gasteiger partial charge is 0.251 e. The number of benzene rings is 1. The van der Waals surface area contributed by atoms with Crippen molar-refractivity contribution in [3.63, 3.8) is 0 Å². The Morgan fingerprint density at radius 3 is 2.68 bits per heavy atom. The van der Waals surface area contributed by atoms with E-state index in [1.165, 1.54) is 0 Å². The van der Waals surface area contributed by atoms with Gasteiger partial charge in [-0.25, -0.2) is 0 Å². The van der Waals surface area contributed by atoms with Crippen LogP contribution in [0.1, 0.15) is 29.6 Å². The zero-order valence-corrected chi connectivity index (χ0v) is 10.9. The molecule has 2 amide bonds. The van der Waals surface area contributed by atoms with Crippen LogP contribution in [0.5, 0.6) is 0 Å². The Morgan fingerprint density at radius 2 is 2.05 bits per heavy atom. The quantitative estimate of drug-likeness (QED) is 0.841. The van der Waals surface area contributed by atoms with Crippen molar-refractivity contribution in [2.45, 2.75) is 19.3 Å². The van der Waals surface area contributed by atoms with Gasteiger partial charge in [0.1, 0.15) is 0 Å². The fraction of sp³-hybridized carbons (Fsp3) is 0.333. The molecule has 0 aromatic heterocycles. The molecular formula is C15H18N2O2. The van der Waals surface area contributed by atoms with Gasteiger partial charge < -0.3 is 10.2 Å². The number of hydrogen-bond acceptors (Lipinski definition) is 2. The SMILES string of the molecule is C=CCNC(=O)c1ccc(N2CCCCC2=O)cc1. The molecule has 0 bridgehead atoms. The monoisotopic (exact) mass is 258 g/mol. The molecule has 1 fully saturated rings. The van der Waals surface area contributed by atoms with E-state index in [9.17, 15) is 9.59 Å². The minimum absolute atomic E-state index is 0.128. The van der Waals surface area contributed by atoms with Crippen LogP contribution in [0.3, 0.4) is 0 Å². The lowest BCUT2D eigenvalue weighted by Gasteiger charge is -2.26. The fourth-order valence-electron chi connectivity index (χ4n) is 2.14. The molecule has 2 rings (SSSR count). The summed E-state index contributed by atoms with van der Waals surface area (Å²) < 4.78 is 0. The molecule has 1 aromatic carbocycles. The summed E-state index contributed by atoms with van der Waals surface area (Å²) in [6.07, 6.45) is 4.25. The molecular weight excluding hydrogens is 240 g/mol. The number of carbonyl (C=O) groups excluding carboxylic acids is 2. The Labute approximate surface area is 113 Å². The van der Waals surface area contributed by atoms with Crippen LogP contribution in [-0.2, 0) is 4.79 Å². The molecule has 0 spiro atoms. The maximum absolute atomic E-state index is 11.8. The molecule has 1 aromatic rings. The van der Waals surface area contributed by atoms with Crippen molar-refractivity contribution in [1.29, 1.82) is 0 Å². The molecule has 1 saturated heterocycles. The van der Waals surface area contributed by atoms with Gasteiger partial charge in [-0.2, -0.15) is 0 Å². The maximum atomic E-state index is 11.8. The number of rotatable bonds is 4. The van der Waals surface area contributed by atoms with E-state index in [-0.39, 0.29) is 11.8 Å². The van der Waals surface area contributed by atoms with Crippen LogP contribution < -0.4 is 10.2 Å². The van der Waals surface area contributed by atoms with Crippen molar-refractivity contribution in [3.05, 3.63) is 42.5 Å². The average molecular weight is 258 g/mol. The third-order valence-electron chi connectivity index (χ3n) is 3.17. The zero-order chi connectivity index (χ0) is 13.7. The van der Waals surface area contributed by atoms with Gasteiger partial charge in [0.15, 0.2) is 0 Å². The topological polar surface area (TPSA) is 49.4 Å². The third-order valence-corrected chi connectivity index (χ3v) is 3.17. The van der Waals surface area contributed by atoms with E-state index >= 15 is 0 Å². The standard InChI is InChI=1S/C15H18N2O2/c1-2-10-16-15(19)12-6-8-13(9-7-12)17-11-4-3-5-14(17)18/h2,6-9H,1,3-5,10-11H2,(H,16,19). The van der Waals surface area contributed by atoms with E-state index in [2.05, 4.69) is 11.9 Å². The van der Waals surface area contributed by atoms with Gasteiger partial charge in [-0.15, -0.1) is 6.58 Å². The highest BCUT2D eigenvalue weighted by Crippen LogP contribution is 2.21. The zero-order valence-electron chi connectivity index (χ0n) is 10.9. The Morgan fingerprint density at radius 1 is 1.32 bits per heavy atom. The highest BCUT2D eigenvalue weighted by Gasteiger charge is 2.19. The average Bonchev–Trinajstić information content (AvgIpc) is 2.45. The van der Waals surface area contributed by atoms with E-state index in [4.69, 9.17) is 0 Å². The summed E-state index contributed by atoms with van der Waals surface area (Å²) >= 11 is 0. The summed E-state index contributed by atoms with van der Waals surface area (Å²) in [4.78, 5) is 25.3. The number of hydrogen-bond donors (Lipinski definition) is 1. The van der Waals surface area contributed by atoms with Crippen LogP contribution in [0.4, 0.5) is 5.69 Å². The number of nitrogens with one attached hydrogen (secondary N) is 1. The Hall–Kier alpha value is -2.10. The van der Waals surface area contributed by atoms with Crippen molar-refractivity contribution in [2.24, 2.45) is 0 Å². The second-order valence-electron chi connectivity index (χ2n) is 4.55. The summed E-state index contributed by atoms with van der Waals surface area (Å²) in [6, 6.07) is 7.14. The normalized spacial score (nSPS) is 15.2. The van der Waals surface area contributed by atoms with Crippen molar-refractivity contribution < 1.29 is 9.59 Å². The molecule has 19 heavy (non-hydrogen) atoms. The second-order valence-corrected chi connectivity index (χ2v) is 4.55. The van der Waals surface area contributed by atoms with Gasteiger partial charge in [-0.1, -0.05) is 6.08 Å². The predicted molar refractivity (Wildman–Crippen MR) is 75.2 cm³/mol. The summed E-state index contributed by atoms with van der Waals surface area (Å²) in [7, 11) is 0. The largest absolute Gasteiger partial charge is 0.349 e. The van der Waals surface area contributed by atoms with E-state index in [0.29, 0.717) is 18.5 Å². The molecule has 1 aliphatic rings.